The van der Waals surface area contributed by atoms with E-state index >= 15 is 0 Å². The van der Waals surface area contributed by atoms with Crippen LogP contribution in [0.3, 0.4) is 0 Å². The van der Waals surface area contributed by atoms with E-state index in [1.54, 1.807) is 32.0 Å². The molecule has 0 heterocycles. The van der Waals surface area contributed by atoms with E-state index in [4.69, 9.17) is 9.84 Å². The zero-order valence-corrected chi connectivity index (χ0v) is 17.8. The molecule has 3 rings (SSSR count). The highest BCUT2D eigenvalue weighted by molar-refractivity contribution is 6.01. The Morgan fingerprint density at radius 1 is 1.06 bits per heavy atom. The summed E-state index contributed by atoms with van der Waals surface area (Å²) >= 11 is 0. The highest BCUT2D eigenvalue weighted by atomic mass is 19.4. The Balaban J connectivity index is 1.75. The van der Waals surface area contributed by atoms with Crippen LogP contribution in [-0.2, 0) is 22.4 Å². The second-order valence-electron chi connectivity index (χ2n) is 8.04. The number of aliphatic carboxylic acids is 1. The van der Waals surface area contributed by atoms with Gasteiger partial charge in [0.1, 0.15) is 18.8 Å². The van der Waals surface area contributed by atoms with Crippen LogP contribution in [0.5, 0.6) is 5.75 Å². The van der Waals surface area contributed by atoms with Crippen LogP contribution in [0, 0.1) is 13.8 Å². The van der Waals surface area contributed by atoms with Crippen molar-refractivity contribution in [2.45, 2.75) is 58.4 Å². The molecule has 0 unspecified atom stereocenters. The lowest BCUT2D eigenvalue weighted by atomic mass is 9.93. The summed E-state index contributed by atoms with van der Waals surface area (Å²) < 4.78 is 45.9. The molecule has 1 amide bonds. The Bertz CT molecular complexity index is 994. The molecule has 2 aromatic rings. The van der Waals surface area contributed by atoms with Gasteiger partial charge in [0.25, 0.3) is 0 Å². The second-order valence-corrected chi connectivity index (χ2v) is 8.04. The molecule has 0 saturated heterocycles. The first-order valence-electron chi connectivity index (χ1n) is 10.2. The van der Waals surface area contributed by atoms with Crippen molar-refractivity contribution in [2.75, 3.05) is 10.6 Å². The van der Waals surface area contributed by atoms with Crippen LogP contribution in [0.1, 0.15) is 47.9 Å². The average molecular weight is 450 g/mol. The van der Waals surface area contributed by atoms with Gasteiger partial charge in [0, 0.05) is 17.4 Å². The van der Waals surface area contributed by atoms with Gasteiger partial charge in [-0.15, -0.1) is 0 Å². The molecule has 3 N–H and O–H groups in total. The minimum atomic E-state index is -4.46. The predicted octanol–water partition coefficient (Wildman–Crippen LogP) is 5.28. The Labute approximate surface area is 183 Å². The number of benzene rings is 2. The van der Waals surface area contributed by atoms with Crippen LogP contribution in [0.4, 0.5) is 24.5 Å². The number of carbonyl (C=O) groups excluding carboxylic acids is 1. The van der Waals surface area contributed by atoms with Gasteiger partial charge >= 0.3 is 12.1 Å². The van der Waals surface area contributed by atoms with Crippen molar-refractivity contribution < 1.29 is 32.6 Å². The molecule has 0 spiro atoms. The minimum absolute atomic E-state index is 0.0599. The summed E-state index contributed by atoms with van der Waals surface area (Å²) in [6, 6.07) is 7.30. The summed E-state index contributed by atoms with van der Waals surface area (Å²) in [6.45, 7) is 3.42. The van der Waals surface area contributed by atoms with Gasteiger partial charge < -0.3 is 20.5 Å². The molecule has 1 saturated carbocycles. The number of alkyl halides is 3. The average Bonchev–Trinajstić information content (AvgIpc) is 2.62. The third-order valence-electron chi connectivity index (χ3n) is 5.24. The molecule has 0 aliphatic heterocycles. The third-order valence-corrected chi connectivity index (χ3v) is 5.24. The lowest BCUT2D eigenvalue weighted by Crippen LogP contribution is -2.27. The molecule has 0 aromatic heterocycles. The molecule has 32 heavy (non-hydrogen) atoms. The van der Waals surface area contributed by atoms with Gasteiger partial charge in [-0.3, -0.25) is 9.59 Å². The van der Waals surface area contributed by atoms with E-state index in [9.17, 15) is 22.8 Å². The van der Waals surface area contributed by atoms with Crippen molar-refractivity contribution in [1.29, 1.82) is 0 Å². The van der Waals surface area contributed by atoms with Crippen molar-refractivity contribution in [2.24, 2.45) is 0 Å². The summed E-state index contributed by atoms with van der Waals surface area (Å²) in [4.78, 5) is 22.3. The number of aryl methyl sites for hydroxylation is 2. The number of carbonyl (C=O) groups is 2. The van der Waals surface area contributed by atoms with Gasteiger partial charge in [-0.05, 0) is 80.1 Å². The number of hydrogen-bond donors (Lipinski definition) is 3. The van der Waals surface area contributed by atoms with E-state index in [2.05, 4.69) is 10.6 Å². The minimum Gasteiger partial charge on any atom is -0.488 e. The maximum Gasteiger partial charge on any atom is 0.416 e. The molecule has 2 aromatic carbocycles. The van der Waals surface area contributed by atoms with E-state index in [0.717, 1.165) is 31.4 Å². The van der Waals surface area contributed by atoms with Crippen LogP contribution in [0.25, 0.3) is 0 Å². The molecular weight excluding hydrogens is 425 g/mol. The summed E-state index contributed by atoms with van der Waals surface area (Å²) in [5.41, 5.74) is 1.83. The molecule has 1 fully saturated rings. The van der Waals surface area contributed by atoms with Crippen LogP contribution in [-0.4, -0.2) is 23.0 Å². The Hall–Kier alpha value is -3.23. The van der Waals surface area contributed by atoms with Crippen LogP contribution >= 0.6 is 0 Å². The summed E-state index contributed by atoms with van der Waals surface area (Å²) in [7, 11) is 0. The molecule has 1 aliphatic rings. The lowest BCUT2D eigenvalue weighted by molar-refractivity contribution is -0.140. The fourth-order valence-electron chi connectivity index (χ4n) is 3.56. The Morgan fingerprint density at radius 2 is 1.72 bits per heavy atom. The first kappa shape index (κ1) is 23.4. The van der Waals surface area contributed by atoms with Crippen molar-refractivity contribution in [3.63, 3.8) is 0 Å². The number of nitrogens with one attached hydrogen (secondary N) is 2. The smallest absolute Gasteiger partial charge is 0.416 e. The van der Waals surface area contributed by atoms with Gasteiger partial charge in [-0.1, -0.05) is 0 Å². The largest absolute Gasteiger partial charge is 0.488 e. The number of anilines is 2. The quantitative estimate of drug-likeness (QED) is 0.477. The second kappa shape index (κ2) is 9.50. The lowest BCUT2D eigenvalue weighted by Gasteiger charge is -2.28. The van der Waals surface area contributed by atoms with Crippen LogP contribution < -0.4 is 15.4 Å². The molecule has 0 bridgehead atoms. The number of hydrogen-bond acceptors (Lipinski definition) is 4. The third kappa shape index (κ3) is 6.15. The van der Waals surface area contributed by atoms with Crippen LogP contribution in [0.2, 0.25) is 0 Å². The fraction of sp³-hybridized carbons (Fsp3) is 0.391. The molecule has 0 radical (unpaired) electrons. The van der Waals surface area contributed by atoms with Gasteiger partial charge in [0.05, 0.1) is 5.56 Å². The van der Waals surface area contributed by atoms with Crippen molar-refractivity contribution in [3.05, 3.63) is 52.6 Å². The van der Waals surface area contributed by atoms with E-state index in [1.165, 1.54) is 0 Å². The van der Waals surface area contributed by atoms with E-state index in [1.807, 2.05) is 0 Å². The number of halogens is 3. The first-order chi connectivity index (χ1) is 15.0. The highest BCUT2D eigenvalue weighted by Gasteiger charge is 2.31. The highest BCUT2D eigenvalue weighted by Crippen LogP contribution is 2.34. The normalized spacial score (nSPS) is 13.9. The van der Waals surface area contributed by atoms with Gasteiger partial charge in [-0.25, -0.2) is 0 Å². The summed E-state index contributed by atoms with van der Waals surface area (Å²) in [5, 5.41) is 14.4. The first-order valence-corrected chi connectivity index (χ1v) is 10.2. The Morgan fingerprint density at radius 3 is 2.25 bits per heavy atom. The maximum atomic E-state index is 13.4. The molecule has 1 aliphatic carbocycles. The van der Waals surface area contributed by atoms with E-state index < -0.39 is 30.0 Å². The van der Waals surface area contributed by atoms with Gasteiger partial charge in [-0.2, -0.15) is 13.2 Å². The van der Waals surface area contributed by atoms with Crippen LogP contribution in [0.15, 0.2) is 30.3 Å². The molecule has 172 valence electrons. The molecule has 6 nitrogen and oxygen atoms in total. The SMILES string of the molecule is Cc1cc(NC(=O)CC(=O)O)cc(C)c1OCc1cc(NC2CCC2)cc(C(F)(F)F)c1. The number of amides is 1. The van der Waals surface area contributed by atoms with Crippen molar-refractivity contribution in [1.82, 2.24) is 0 Å². The topological polar surface area (TPSA) is 87.7 Å². The fourth-order valence-corrected chi connectivity index (χ4v) is 3.56. The number of ether oxygens (including phenoxy) is 1. The van der Waals surface area contributed by atoms with E-state index in [-0.39, 0.29) is 12.6 Å². The summed E-state index contributed by atoms with van der Waals surface area (Å²) in [6.07, 6.45) is -2.17. The zero-order chi connectivity index (χ0) is 23.5. The van der Waals surface area contributed by atoms with E-state index in [0.29, 0.717) is 33.8 Å². The van der Waals surface area contributed by atoms with Crippen molar-refractivity contribution in [3.8, 4) is 5.75 Å². The Kier molecular flexibility index (Phi) is 6.96. The maximum absolute atomic E-state index is 13.4. The number of carboxylic acid groups (broad SMARTS) is 1. The number of rotatable bonds is 8. The van der Waals surface area contributed by atoms with Gasteiger partial charge in [0.2, 0.25) is 5.91 Å². The van der Waals surface area contributed by atoms with Gasteiger partial charge in [0.15, 0.2) is 0 Å². The predicted molar refractivity (Wildman–Crippen MR) is 114 cm³/mol. The van der Waals surface area contributed by atoms with Crippen molar-refractivity contribution >= 4 is 23.3 Å². The zero-order valence-electron chi connectivity index (χ0n) is 17.8. The monoisotopic (exact) mass is 450 g/mol. The molecule has 9 heteroatoms. The molecule has 0 atom stereocenters. The number of carboxylic acids is 1. The summed E-state index contributed by atoms with van der Waals surface area (Å²) in [5.74, 6) is -1.39. The molecular formula is C23H25F3N2O4. The standard InChI is InChI=1S/C23H25F3N2O4/c1-13-6-18(28-20(29)11-21(30)31)7-14(2)22(13)32-12-15-8-16(23(24,25)26)10-19(9-15)27-17-4-3-5-17/h6-10,17,27H,3-5,11-12H2,1-2H3,(H,28,29)(H,30,31).